The first-order chi connectivity index (χ1) is 9.66. The fraction of sp³-hybridized carbons (Fsp3) is 0.647. The Morgan fingerprint density at radius 3 is 2.65 bits per heavy atom. The van der Waals surface area contributed by atoms with Crippen molar-refractivity contribution in [2.75, 3.05) is 11.4 Å². The normalized spacial score (nSPS) is 25.4. The van der Waals surface area contributed by atoms with Crippen molar-refractivity contribution in [1.29, 1.82) is 0 Å². The molecule has 0 bridgehead atoms. The van der Waals surface area contributed by atoms with Crippen LogP contribution < -0.4 is 4.90 Å². The van der Waals surface area contributed by atoms with Crippen molar-refractivity contribution in [3.63, 3.8) is 0 Å². The summed E-state index contributed by atoms with van der Waals surface area (Å²) < 4.78 is 13.5. The number of nitrogens with zero attached hydrogens (tertiary/aromatic N) is 1. The Kier molecular flexibility index (Phi) is 3.97. The highest BCUT2D eigenvalue weighted by Gasteiger charge is 2.34. The van der Waals surface area contributed by atoms with Crippen LogP contribution in [0.25, 0.3) is 0 Å². The lowest BCUT2D eigenvalue weighted by atomic mass is 9.95. The number of hydrogen-bond acceptors (Lipinski definition) is 2. The molecule has 3 rings (SSSR count). The molecule has 2 fully saturated rings. The van der Waals surface area contributed by atoms with Crippen molar-refractivity contribution in [2.24, 2.45) is 5.92 Å². The number of aliphatic hydroxyl groups is 1. The summed E-state index contributed by atoms with van der Waals surface area (Å²) in [6, 6.07) is 5.44. The molecule has 2 atom stereocenters. The topological polar surface area (TPSA) is 23.5 Å². The summed E-state index contributed by atoms with van der Waals surface area (Å²) in [6.07, 6.45) is 7.17. The van der Waals surface area contributed by atoms with Crippen molar-refractivity contribution in [3.05, 3.63) is 29.6 Å². The third kappa shape index (κ3) is 2.56. The molecule has 1 aliphatic heterocycles. The molecule has 110 valence electrons. The first-order valence-electron chi connectivity index (χ1n) is 7.91. The summed E-state index contributed by atoms with van der Waals surface area (Å²) in [5.74, 6) is 0.519. The number of rotatable bonds is 3. The van der Waals surface area contributed by atoms with Crippen molar-refractivity contribution in [2.45, 2.75) is 57.6 Å². The van der Waals surface area contributed by atoms with E-state index in [1.807, 2.05) is 6.07 Å². The maximum absolute atomic E-state index is 13.5. The molecular weight excluding hydrogens is 253 g/mol. The Balaban J connectivity index is 1.90. The molecule has 1 aliphatic carbocycles. The van der Waals surface area contributed by atoms with Crippen LogP contribution in [0.2, 0.25) is 0 Å². The van der Waals surface area contributed by atoms with Crippen LogP contribution in [0.15, 0.2) is 18.2 Å². The lowest BCUT2D eigenvalue weighted by Gasteiger charge is -2.33. The molecule has 1 aromatic carbocycles. The summed E-state index contributed by atoms with van der Waals surface area (Å²) >= 11 is 0. The summed E-state index contributed by atoms with van der Waals surface area (Å²) in [4.78, 5) is 2.43. The summed E-state index contributed by atoms with van der Waals surface area (Å²) in [6.45, 7) is 2.76. The van der Waals surface area contributed by atoms with E-state index in [2.05, 4.69) is 4.90 Å². The standard InChI is InChI=1S/C17H24FNO/c1-12(20)15-11-14(18)8-9-17(15)19-10-4-7-16(19)13-5-2-3-6-13/h8-9,11-13,16,20H,2-7,10H2,1H3/t12-,16?/m1/s1. The lowest BCUT2D eigenvalue weighted by Crippen LogP contribution is -2.35. The SMILES string of the molecule is C[C@@H](O)c1cc(F)ccc1N1CCCC1C1CCCC1. The van der Waals surface area contributed by atoms with Crippen LogP contribution in [0.1, 0.15) is 57.1 Å². The van der Waals surface area contributed by atoms with Gasteiger partial charge in [-0.25, -0.2) is 4.39 Å². The Labute approximate surface area is 120 Å². The Bertz CT molecular complexity index is 468. The van der Waals surface area contributed by atoms with Crippen LogP contribution in [-0.2, 0) is 0 Å². The Hall–Kier alpha value is -1.09. The van der Waals surface area contributed by atoms with Gasteiger partial charge in [-0.2, -0.15) is 0 Å². The van der Waals surface area contributed by atoms with E-state index in [4.69, 9.17) is 0 Å². The molecular formula is C17H24FNO. The molecule has 1 unspecified atom stereocenters. The van der Waals surface area contributed by atoms with Crippen LogP contribution in [0.4, 0.5) is 10.1 Å². The number of anilines is 1. The van der Waals surface area contributed by atoms with Crippen molar-refractivity contribution in [3.8, 4) is 0 Å². The van der Waals surface area contributed by atoms with E-state index in [1.54, 1.807) is 6.92 Å². The molecule has 0 aromatic heterocycles. The van der Waals surface area contributed by atoms with Gasteiger partial charge in [0.25, 0.3) is 0 Å². The molecule has 1 saturated heterocycles. The third-order valence-corrected chi connectivity index (χ3v) is 4.99. The number of hydrogen-bond donors (Lipinski definition) is 1. The number of halogens is 1. The van der Waals surface area contributed by atoms with E-state index >= 15 is 0 Å². The second-order valence-corrected chi connectivity index (χ2v) is 6.33. The van der Waals surface area contributed by atoms with Gasteiger partial charge in [-0.1, -0.05) is 12.8 Å². The molecule has 1 saturated carbocycles. The van der Waals surface area contributed by atoms with Crippen LogP contribution in [-0.4, -0.2) is 17.7 Å². The van der Waals surface area contributed by atoms with Gasteiger partial charge in [-0.15, -0.1) is 0 Å². The van der Waals surface area contributed by atoms with Gasteiger partial charge in [0.1, 0.15) is 5.82 Å². The second-order valence-electron chi connectivity index (χ2n) is 6.33. The molecule has 0 radical (unpaired) electrons. The average molecular weight is 277 g/mol. The maximum atomic E-state index is 13.5. The minimum absolute atomic E-state index is 0.263. The van der Waals surface area contributed by atoms with Crippen molar-refractivity contribution >= 4 is 5.69 Å². The number of benzene rings is 1. The lowest BCUT2D eigenvalue weighted by molar-refractivity contribution is 0.199. The van der Waals surface area contributed by atoms with Crippen molar-refractivity contribution < 1.29 is 9.50 Å². The molecule has 2 nitrogen and oxygen atoms in total. The first kappa shape index (κ1) is 13.9. The zero-order valence-electron chi connectivity index (χ0n) is 12.2. The molecule has 0 spiro atoms. The Morgan fingerprint density at radius 2 is 1.95 bits per heavy atom. The van der Waals surface area contributed by atoms with Crippen LogP contribution in [0.3, 0.4) is 0 Å². The van der Waals surface area contributed by atoms with Gasteiger partial charge in [0.2, 0.25) is 0 Å². The molecule has 1 N–H and O–H groups in total. The smallest absolute Gasteiger partial charge is 0.123 e. The first-order valence-corrected chi connectivity index (χ1v) is 7.91. The van der Waals surface area contributed by atoms with Gasteiger partial charge in [-0.3, -0.25) is 0 Å². The highest BCUT2D eigenvalue weighted by atomic mass is 19.1. The number of aliphatic hydroxyl groups excluding tert-OH is 1. The second kappa shape index (κ2) is 5.72. The van der Waals surface area contributed by atoms with Gasteiger partial charge in [0.05, 0.1) is 6.10 Å². The highest BCUT2D eigenvalue weighted by Crippen LogP contribution is 2.40. The van der Waals surface area contributed by atoms with Crippen LogP contribution in [0, 0.1) is 11.7 Å². The minimum Gasteiger partial charge on any atom is -0.389 e. The predicted octanol–water partition coefficient (Wildman–Crippen LogP) is 4.04. The van der Waals surface area contributed by atoms with Crippen LogP contribution >= 0.6 is 0 Å². The molecule has 3 heteroatoms. The van der Waals surface area contributed by atoms with Crippen LogP contribution in [0.5, 0.6) is 0 Å². The third-order valence-electron chi connectivity index (χ3n) is 4.99. The van der Waals surface area contributed by atoms with E-state index in [1.165, 1.54) is 50.7 Å². The Morgan fingerprint density at radius 1 is 1.20 bits per heavy atom. The molecule has 0 amide bonds. The average Bonchev–Trinajstić information content (AvgIpc) is 3.09. The van der Waals surface area contributed by atoms with Gasteiger partial charge < -0.3 is 10.0 Å². The van der Waals surface area contributed by atoms with E-state index < -0.39 is 6.10 Å². The fourth-order valence-electron chi connectivity index (χ4n) is 4.05. The van der Waals surface area contributed by atoms with Crippen molar-refractivity contribution in [1.82, 2.24) is 0 Å². The zero-order valence-corrected chi connectivity index (χ0v) is 12.2. The zero-order chi connectivity index (χ0) is 14.1. The van der Waals surface area contributed by atoms with E-state index in [0.29, 0.717) is 6.04 Å². The summed E-state index contributed by atoms with van der Waals surface area (Å²) in [5.41, 5.74) is 1.77. The van der Waals surface area contributed by atoms with Gasteiger partial charge in [0.15, 0.2) is 0 Å². The largest absolute Gasteiger partial charge is 0.389 e. The minimum atomic E-state index is -0.620. The molecule has 1 heterocycles. The molecule has 1 aromatic rings. The fourth-order valence-corrected chi connectivity index (χ4v) is 4.05. The monoisotopic (exact) mass is 277 g/mol. The maximum Gasteiger partial charge on any atom is 0.123 e. The highest BCUT2D eigenvalue weighted by molar-refractivity contribution is 5.56. The summed E-state index contributed by atoms with van der Waals surface area (Å²) in [5, 5.41) is 9.95. The van der Waals surface area contributed by atoms with Gasteiger partial charge >= 0.3 is 0 Å². The van der Waals surface area contributed by atoms with E-state index in [9.17, 15) is 9.50 Å². The van der Waals surface area contributed by atoms with E-state index in [-0.39, 0.29) is 5.82 Å². The molecule has 20 heavy (non-hydrogen) atoms. The van der Waals surface area contributed by atoms with E-state index in [0.717, 1.165) is 23.7 Å². The summed E-state index contributed by atoms with van der Waals surface area (Å²) in [7, 11) is 0. The quantitative estimate of drug-likeness (QED) is 0.901. The van der Waals surface area contributed by atoms with Gasteiger partial charge in [-0.05, 0) is 56.7 Å². The van der Waals surface area contributed by atoms with Gasteiger partial charge in [0, 0.05) is 23.8 Å². The predicted molar refractivity (Wildman–Crippen MR) is 79.4 cm³/mol. The molecule has 2 aliphatic rings.